The summed E-state index contributed by atoms with van der Waals surface area (Å²) in [5.41, 5.74) is 2.77. The minimum Gasteiger partial charge on any atom is -0.465 e. The van der Waals surface area contributed by atoms with Gasteiger partial charge in [0.25, 0.3) is 0 Å². The first-order chi connectivity index (χ1) is 10.8. The molecule has 1 aromatic carbocycles. The van der Waals surface area contributed by atoms with E-state index in [9.17, 15) is 18.3 Å². The molecule has 8 heteroatoms. The first-order valence-electron chi connectivity index (χ1n) is 7.53. The third kappa shape index (κ3) is 3.18. The second-order valence-corrected chi connectivity index (χ2v) is 8.53. The average molecular weight is 359 g/mol. The Morgan fingerprint density at radius 1 is 1.35 bits per heavy atom. The van der Waals surface area contributed by atoms with Gasteiger partial charge in [-0.05, 0) is 48.1 Å². The van der Waals surface area contributed by atoms with E-state index in [4.69, 9.17) is 11.6 Å². The number of nitrogens with zero attached hydrogens (tertiary/aromatic N) is 2. The van der Waals surface area contributed by atoms with Crippen LogP contribution in [0.15, 0.2) is 12.1 Å². The molecule has 1 saturated heterocycles. The van der Waals surface area contributed by atoms with Gasteiger partial charge in [0, 0.05) is 24.7 Å². The Hall–Kier alpha value is -1.31. The third-order valence-electron chi connectivity index (χ3n) is 4.63. The van der Waals surface area contributed by atoms with Crippen LogP contribution in [0.1, 0.15) is 35.6 Å². The molecule has 2 aliphatic rings. The Labute approximate surface area is 140 Å². The number of halogens is 1. The maximum Gasteiger partial charge on any atom is 0.407 e. The molecule has 1 aromatic rings. The van der Waals surface area contributed by atoms with Crippen LogP contribution in [-0.4, -0.2) is 48.2 Å². The maximum atomic E-state index is 11.9. The minimum atomic E-state index is -3.28. The number of amides is 1. The number of rotatable bonds is 2. The lowest BCUT2D eigenvalue weighted by molar-refractivity contribution is 0.140. The Morgan fingerprint density at radius 3 is 2.74 bits per heavy atom. The van der Waals surface area contributed by atoms with Gasteiger partial charge in [-0.25, -0.2) is 13.2 Å². The molecule has 0 unspecified atom stereocenters. The van der Waals surface area contributed by atoms with Gasteiger partial charge < -0.3 is 10.0 Å². The third-order valence-corrected chi connectivity index (χ3v) is 6.10. The van der Waals surface area contributed by atoms with Crippen LogP contribution < -0.4 is 0 Å². The number of carbonyl (C=O) groups is 1. The Morgan fingerprint density at radius 2 is 2.09 bits per heavy atom. The molecule has 1 atom stereocenters. The van der Waals surface area contributed by atoms with E-state index in [1.165, 1.54) is 15.5 Å². The zero-order valence-electron chi connectivity index (χ0n) is 12.8. The van der Waals surface area contributed by atoms with Crippen LogP contribution in [0.3, 0.4) is 0 Å². The lowest BCUT2D eigenvalue weighted by atomic mass is 9.91. The van der Waals surface area contributed by atoms with Gasteiger partial charge >= 0.3 is 6.09 Å². The topological polar surface area (TPSA) is 77.9 Å². The van der Waals surface area contributed by atoms with E-state index in [0.717, 1.165) is 29.5 Å². The van der Waals surface area contributed by atoms with Crippen molar-refractivity contribution in [3.63, 3.8) is 0 Å². The van der Waals surface area contributed by atoms with E-state index in [1.807, 2.05) is 6.07 Å². The van der Waals surface area contributed by atoms with Crippen LogP contribution in [-0.2, 0) is 23.0 Å². The van der Waals surface area contributed by atoms with Gasteiger partial charge in [-0.3, -0.25) is 0 Å². The van der Waals surface area contributed by atoms with E-state index >= 15 is 0 Å². The molecule has 0 aliphatic carbocycles. The van der Waals surface area contributed by atoms with E-state index in [1.54, 1.807) is 6.07 Å². The molecular weight excluding hydrogens is 340 g/mol. The molecule has 0 spiro atoms. The Bertz CT molecular complexity index is 750. The van der Waals surface area contributed by atoms with Crippen molar-refractivity contribution in [1.29, 1.82) is 0 Å². The molecule has 1 fully saturated rings. The van der Waals surface area contributed by atoms with E-state index < -0.39 is 16.1 Å². The standard InChI is InChI=1S/C15H19ClN2O4S/c1-23(21,22)17-6-4-10-7-11(16)8-12(13(10)9-17)14-3-2-5-18(14)15(19)20/h7-8,14H,2-6,9H2,1H3,(H,19,20)/t14-/m0/s1. The largest absolute Gasteiger partial charge is 0.465 e. The predicted molar refractivity (Wildman–Crippen MR) is 87.1 cm³/mol. The highest BCUT2D eigenvalue weighted by Gasteiger charge is 2.34. The van der Waals surface area contributed by atoms with Crippen molar-refractivity contribution in [2.45, 2.75) is 31.8 Å². The van der Waals surface area contributed by atoms with E-state index in [2.05, 4.69) is 0 Å². The molecule has 1 amide bonds. The van der Waals surface area contributed by atoms with Crippen molar-refractivity contribution in [3.05, 3.63) is 33.8 Å². The van der Waals surface area contributed by atoms with Crippen molar-refractivity contribution in [1.82, 2.24) is 9.21 Å². The number of likely N-dealkylation sites (tertiary alicyclic amines) is 1. The van der Waals surface area contributed by atoms with Gasteiger partial charge in [0.05, 0.1) is 12.3 Å². The second-order valence-electron chi connectivity index (χ2n) is 6.11. The molecule has 0 aromatic heterocycles. The van der Waals surface area contributed by atoms with Crippen LogP contribution in [0.4, 0.5) is 4.79 Å². The SMILES string of the molecule is CS(=O)(=O)N1CCc2cc(Cl)cc([C@@H]3CCCN3C(=O)O)c2C1. The number of benzene rings is 1. The summed E-state index contributed by atoms with van der Waals surface area (Å²) >= 11 is 6.22. The van der Waals surface area contributed by atoms with Crippen LogP contribution >= 0.6 is 11.6 Å². The highest BCUT2D eigenvalue weighted by atomic mass is 35.5. The molecule has 126 valence electrons. The zero-order chi connectivity index (χ0) is 16.8. The highest BCUT2D eigenvalue weighted by Crippen LogP contribution is 2.38. The van der Waals surface area contributed by atoms with Crippen LogP contribution in [0, 0.1) is 0 Å². The molecular formula is C15H19ClN2O4S. The van der Waals surface area contributed by atoms with Gasteiger partial charge in [0.2, 0.25) is 10.0 Å². The molecule has 2 aliphatic heterocycles. The van der Waals surface area contributed by atoms with E-state index in [-0.39, 0.29) is 12.6 Å². The summed E-state index contributed by atoms with van der Waals surface area (Å²) in [4.78, 5) is 12.9. The van der Waals surface area contributed by atoms with Gasteiger partial charge in [0.15, 0.2) is 0 Å². The lowest BCUT2D eigenvalue weighted by Gasteiger charge is -2.32. The van der Waals surface area contributed by atoms with Gasteiger partial charge in [-0.15, -0.1) is 0 Å². The summed E-state index contributed by atoms with van der Waals surface area (Å²) in [5.74, 6) is 0. The van der Waals surface area contributed by atoms with Crippen molar-refractivity contribution < 1.29 is 18.3 Å². The molecule has 3 rings (SSSR count). The quantitative estimate of drug-likeness (QED) is 0.880. The van der Waals surface area contributed by atoms with Crippen molar-refractivity contribution in [2.75, 3.05) is 19.3 Å². The normalized spacial score (nSPS) is 22.2. The average Bonchev–Trinajstić information content (AvgIpc) is 2.94. The molecule has 6 nitrogen and oxygen atoms in total. The van der Waals surface area contributed by atoms with Gasteiger partial charge in [-0.1, -0.05) is 11.6 Å². The molecule has 0 saturated carbocycles. The summed E-state index contributed by atoms with van der Waals surface area (Å²) < 4.78 is 25.2. The highest BCUT2D eigenvalue weighted by molar-refractivity contribution is 7.88. The number of carboxylic acid groups (broad SMARTS) is 1. The van der Waals surface area contributed by atoms with Crippen molar-refractivity contribution in [3.8, 4) is 0 Å². The summed E-state index contributed by atoms with van der Waals surface area (Å²) in [6.07, 6.45) is 2.38. The first kappa shape index (κ1) is 16.5. The maximum absolute atomic E-state index is 11.9. The fourth-order valence-corrected chi connectivity index (χ4v) is 4.57. The zero-order valence-corrected chi connectivity index (χ0v) is 14.4. The van der Waals surface area contributed by atoms with Crippen LogP contribution in [0.2, 0.25) is 5.02 Å². The number of sulfonamides is 1. The molecule has 1 N–H and O–H groups in total. The summed E-state index contributed by atoms with van der Waals surface area (Å²) in [6.45, 7) is 1.21. The Kier molecular flexibility index (Phi) is 4.29. The van der Waals surface area contributed by atoms with Crippen molar-refractivity contribution in [2.24, 2.45) is 0 Å². The number of hydrogen-bond acceptors (Lipinski definition) is 3. The summed E-state index contributed by atoms with van der Waals surface area (Å²) in [5, 5.41) is 9.96. The fourth-order valence-electron chi connectivity index (χ4n) is 3.53. The Balaban J connectivity index is 2.05. The number of hydrogen-bond donors (Lipinski definition) is 1. The monoisotopic (exact) mass is 358 g/mol. The lowest BCUT2D eigenvalue weighted by Crippen LogP contribution is -2.37. The van der Waals surface area contributed by atoms with Crippen LogP contribution in [0.25, 0.3) is 0 Å². The second kappa shape index (κ2) is 5.96. The first-order valence-corrected chi connectivity index (χ1v) is 9.76. The predicted octanol–water partition coefficient (Wildman–Crippen LogP) is 2.47. The fraction of sp³-hybridized carbons (Fsp3) is 0.533. The van der Waals surface area contributed by atoms with Gasteiger partial charge in [-0.2, -0.15) is 4.31 Å². The molecule has 0 radical (unpaired) electrons. The minimum absolute atomic E-state index is 0.250. The summed E-state index contributed by atoms with van der Waals surface area (Å²) in [7, 11) is -3.28. The molecule has 0 bridgehead atoms. The van der Waals surface area contributed by atoms with Gasteiger partial charge in [0.1, 0.15) is 0 Å². The number of fused-ring (bicyclic) bond motifs is 1. The molecule has 23 heavy (non-hydrogen) atoms. The van der Waals surface area contributed by atoms with Crippen LogP contribution in [0.5, 0.6) is 0 Å². The van der Waals surface area contributed by atoms with E-state index in [0.29, 0.717) is 24.5 Å². The smallest absolute Gasteiger partial charge is 0.407 e. The molecule has 2 heterocycles. The van der Waals surface area contributed by atoms with Crippen molar-refractivity contribution >= 4 is 27.7 Å². The summed E-state index contributed by atoms with van der Waals surface area (Å²) in [6, 6.07) is 3.40.